The van der Waals surface area contributed by atoms with Gasteiger partial charge in [0.15, 0.2) is 0 Å². The van der Waals surface area contributed by atoms with Gasteiger partial charge in [-0.3, -0.25) is 14.5 Å². The van der Waals surface area contributed by atoms with E-state index < -0.39 is 5.41 Å². The van der Waals surface area contributed by atoms with Gasteiger partial charge in [-0.15, -0.1) is 0 Å². The fourth-order valence-electron chi connectivity index (χ4n) is 2.08. The topological polar surface area (TPSA) is 49.9 Å². The van der Waals surface area contributed by atoms with Crippen molar-refractivity contribution in [1.29, 1.82) is 0 Å². The second-order valence-electron chi connectivity index (χ2n) is 5.63. The molecular weight excluding hydrogens is 232 g/mol. The Bertz CT molecular complexity index is 330. The highest BCUT2D eigenvalue weighted by Gasteiger charge is 2.42. The maximum absolute atomic E-state index is 12.1. The van der Waals surface area contributed by atoms with E-state index in [1.54, 1.807) is 4.90 Å². The molecule has 1 heterocycles. The van der Waals surface area contributed by atoms with E-state index in [4.69, 9.17) is 4.74 Å². The first-order valence-corrected chi connectivity index (χ1v) is 6.36. The number of hydrogen-bond acceptors (Lipinski definition) is 4. The summed E-state index contributed by atoms with van der Waals surface area (Å²) in [6.07, 6.45) is 0.677. The van der Waals surface area contributed by atoms with E-state index in [1.165, 1.54) is 7.11 Å². The van der Waals surface area contributed by atoms with Gasteiger partial charge in [0, 0.05) is 19.1 Å². The lowest BCUT2D eigenvalue weighted by atomic mass is 9.90. The van der Waals surface area contributed by atoms with E-state index in [-0.39, 0.29) is 11.9 Å². The van der Waals surface area contributed by atoms with Crippen LogP contribution in [0.3, 0.4) is 0 Å². The molecule has 0 radical (unpaired) electrons. The zero-order valence-corrected chi connectivity index (χ0v) is 12.0. The number of hydrogen-bond donors (Lipinski definition) is 0. The van der Waals surface area contributed by atoms with Gasteiger partial charge in [-0.1, -0.05) is 0 Å². The van der Waals surface area contributed by atoms with Gasteiger partial charge in [-0.2, -0.15) is 0 Å². The number of likely N-dealkylation sites (tertiary alicyclic amines) is 1. The predicted molar refractivity (Wildman–Crippen MR) is 69.1 cm³/mol. The monoisotopic (exact) mass is 256 g/mol. The molecule has 1 aliphatic rings. The summed E-state index contributed by atoms with van der Waals surface area (Å²) >= 11 is 0. The molecule has 0 unspecified atom stereocenters. The average molecular weight is 256 g/mol. The minimum Gasteiger partial charge on any atom is -0.469 e. The number of amides is 1. The second-order valence-corrected chi connectivity index (χ2v) is 5.63. The zero-order valence-electron chi connectivity index (χ0n) is 12.0. The van der Waals surface area contributed by atoms with Crippen LogP contribution in [-0.4, -0.2) is 61.5 Å². The van der Waals surface area contributed by atoms with Crippen molar-refractivity contribution in [2.45, 2.75) is 33.2 Å². The molecule has 0 spiro atoms. The molecule has 0 aromatic carbocycles. The van der Waals surface area contributed by atoms with Crippen LogP contribution in [0.25, 0.3) is 0 Å². The molecule has 0 saturated carbocycles. The van der Waals surface area contributed by atoms with E-state index in [1.807, 2.05) is 18.9 Å². The first-order valence-electron chi connectivity index (χ1n) is 6.36. The van der Waals surface area contributed by atoms with Gasteiger partial charge in [0.25, 0.3) is 0 Å². The lowest BCUT2D eigenvalue weighted by Crippen LogP contribution is -2.42. The van der Waals surface area contributed by atoms with Gasteiger partial charge in [0.1, 0.15) is 0 Å². The van der Waals surface area contributed by atoms with E-state index >= 15 is 0 Å². The molecule has 1 rings (SSSR count). The van der Waals surface area contributed by atoms with E-state index in [2.05, 4.69) is 13.8 Å². The minimum atomic E-state index is -0.541. The number of rotatable bonds is 4. The van der Waals surface area contributed by atoms with Crippen LogP contribution in [0.5, 0.6) is 0 Å². The highest BCUT2D eigenvalue weighted by atomic mass is 16.5. The molecule has 5 nitrogen and oxygen atoms in total. The summed E-state index contributed by atoms with van der Waals surface area (Å²) in [5.74, 6) is -0.145. The van der Waals surface area contributed by atoms with Crippen molar-refractivity contribution in [2.24, 2.45) is 5.41 Å². The van der Waals surface area contributed by atoms with Gasteiger partial charge < -0.3 is 9.64 Å². The Morgan fingerprint density at radius 3 is 2.56 bits per heavy atom. The average Bonchev–Trinajstić information content (AvgIpc) is 2.72. The number of nitrogens with zero attached hydrogens (tertiary/aromatic N) is 2. The van der Waals surface area contributed by atoms with Gasteiger partial charge in [-0.05, 0) is 34.2 Å². The standard InChI is InChI=1S/C13H24N2O3/c1-10(2)14(4)8-11(16)15-7-6-13(3,9-15)12(17)18-5/h10H,6-9H2,1-5H3/t13-/m1/s1. The molecule has 1 atom stereocenters. The quantitative estimate of drug-likeness (QED) is 0.696. The molecule has 1 saturated heterocycles. The van der Waals surface area contributed by atoms with Crippen LogP contribution in [0.2, 0.25) is 0 Å². The number of likely N-dealkylation sites (N-methyl/N-ethyl adjacent to an activating group) is 1. The molecule has 18 heavy (non-hydrogen) atoms. The van der Waals surface area contributed by atoms with Crippen molar-refractivity contribution in [2.75, 3.05) is 33.8 Å². The van der Waals surface area contributed by atoms with Crippen LogP contribution >= 0.6 is 0 Å². The molecule has 0 aliphatic carbocycles. The predicted octanol–water partition coefficient (Wildman–Crippen LogP) is 0.738. The second kappa shape index (κ2) is 5.69. The van der Waals surface area contributed by atoms with Crippen molar-refractivity contribution < 1.29 is 14.3 Å². The Kier molecular flexibility index (Phi) is 4.73. The third-order valence-corrected chi connectivity index (χ3v) is 3.77. The van der Waals surface area contributed by atoms with Crippen molar-refractivity contribution in [3.8, 4) is 0 Å². The van der Waals surface area contributed by atoms with Crippen LogP contribution in [-0.2, 0) is 14.3 Å². The smallest absolute Gasteiger partial charge is 0.313 e. The highest BCUT2D eigenvalue weighted by molar-refractivity contribution is 5.82. The molecular formula is C13H24N2O3. The fraction of sp³-hybridized carbons (Fsp3) is 0.846. The Morgan fingerprint density at radius 1 is 1.44 bits per heavy atom. The summed E-state index contributed by atoms with van der Waals surface area (Å²) in [6.45, 7) is 7.46. The lowest BCUT2D eigenvalue weighted by molar-refractivity contribution is -0.151. The Hall–Kier alpha value is -1.10. The lowest BCUT2D eigenvalue weighted by Gasteiger charge is -2.25. The van der Waals surface area contributed by atoms with Crippen LogP contribution in [0, 0.1) is 5.41 Å². The van der Waals surface area contributed by atoms with Crippen molar-refractivity contribution in [3.63, 3.8) is 0 Å². The molecule has 0 aromatic rings. The van der Waals surface area contributed by atoms with Crippen LogP contribution in [0.15, 0.2) is 0 Å². The summed E-state index contributed by atoms with van der Waals surface area (Å²) in [7, 11) is 3.32. The third kappa shape index (κ3) is 3.22. The maximum atomic E-state index is 12.1. The minimum absolute atomic E-state index is 0.0822. The molecule has 1 aliphatic heterocycles. The summed E-state index contributed by atoms with van der Waals surface area (Å²) in [4.78, 5) is 27.5. The van der Waals surface area contributed by atoms with Crippen molar-refractivity contribution in [3.05, 3.63) is 0 Å². The van der Waals surface area contributed by atoms with E-state index in [0.717, 1.165) is 0 Å². The van der Waals surface area contributed by atoms with Crippen molar-refractivity contribution >= 4 is 11.9 Å². The van der Waals surface area contributed by atoms with Gasteiger partial charge >= 0.3 is 5.97 Å². The Labute approximate surface area is 109 Å². The zero-order chi connectivity index (χ0) is 13.9. The fourth-order valence-corrected chi connectivity index (χ4v) is 2.08. The summed E-state index contributed by atoms with van der Waals surface area (Å²) < 4.78 is 4.80. The summed E-state index contributed by atoms with van der Waals surface area (Å²) in [6, 6.07) is 0.337. The number of methoxy groups -OCH3 is 1. The van der Waals surface area contributed by atoms with Crippen molar-refractivity contribution in [1.82, 2.24) is 9.80 Å². The van der Waals surface area contributed by atoms with E-state index in [0.29, 0.717) is 32.1 Å². The molecule has 0 N–H and O–H groups in total. The number of ether oxygens (including phenoxy) is 1. The molecule has 1 fully saturated rings. The highest BCUT2D eigenvalue weighted by Crippen LogP contribution is 2.31. The van der Waals surface area contributed by atoms with E-state index in [9.17, 15) is 9.59 Å². The first-order chi connectivity index (χ1) is 8.30. The number of carbonyl (C=O) groups is 2. The first kappa shape index (κ1) is 15.0. The SMILES string of the molecule is COC(=O)[C@]1(C)CCN(C(=O)CN(C)C(C)C)C1. The molecule has 104 valence electrons. The van der Waals surface area contributed by atoms with Crippen LogP contribution < -0.4 is 0 Å². The molecule has 0 bridgehead atoms. The summed E-state index contributed by atoms with van der Waals surface area (Å²) in [5, 5.41) is 0. The van der Waals surface area contributed by atoms with Gasteiger partial charge in [-0.25, -0.2) is 0 Å². The van der Waals surface area contributed by atoms with Gasteiger partial charge in [0.2, 0.25) is 5.91 Å². The Balaban J connectivity index is 2.56. The van der Waals surface area contributed by atoms with Crippen LogP contribution in [0.4, 0.5) is 0 Å². The normalized spacial score (nSPS) is 23.8. The largest absolute Gasteiger partial charge is 0.469 e. The molecule has 5 heteroatoms. The Morgan fingerprint density at radius 2 is 2.06 bits per heavy atom. The van der Waals surface area contributed by atoms with Crippen LogP contribution in [0.1, 0.15) is 27.2 Å². The molecule has 0 aromatic heterocycles. The van der Waals surface area contributed by atoms with Gasteiger partial charge in [0.05, 0.1) is 19.1 Å². The number of carbonyl (C=O) groups excluding carboxylic acids is 2. The number of esters is 1. The molecule has 1 amide bonds. The summed E-state index contributed by atoms with van der Waals surface area (Å²) in [5.41, 5.74) is -0.541. The third-order valence-electron chi connectivity index (χ3n) is 3.77. The maximum Gasteiger partial charge on any atom is 0.313 e.